The quantitative estimate of drug-likeness (QED) is 0.535. The first-order chi connectivity index (χ1) is 5.25. The number of nitrogens with two attached hydrogens (primary N) is 1. The van der Waals surface area contributed by atoms with Gasteiger partial charge in [0.15, 0.2) is 0 Å². The van der Waals surface area contributed by atoms with Gasteiger partial charge in [-0.05, 0) is 13.8 Å². The fraction of sp³-hybridized carbons (Fsp3) is 0.875. The predicted molar refractivity (Wildman–Crippen MR) is 52.5 cm³/mol. The van der Waals surface area contributed by atoms with Crippen molar-refractivity contribution >= 4 is 14.0 Å². The Bertz CT molecular complexity index is 163. The number of hydrogen-bond donors (Lipinski definition) is 1. The molecule has 0 spiro atoms. The van der Waals surface area contributed by atoms with Crippen LogP contribution in [0.15, 0.2) is 0 Å². The lowest BCUT2D eigenvalue weighted by Crippen LogP contribution is -2.42. The standard InChI is InChI=1S/C8H19NO2Si/c1-6(9)8(10)11-7(2)12(3,4)5/h6-7H,9H2,1-5H3/t6-,7?/m0/s1. The first-order valence-corrected chi connectivity index (χ1v) is 7.79. The maximum atomic E-state index is 11.1. The summed E-state index contributed by atoms with van der Waals surface area (Å²) in [5.74, 6) is -0.301. The van der Waals surface area contributed by atoms with E-state index in [0.29, 0.717) is 0 Å². The maximum Gasteiger partial charge on any atom is 0.322 e. The summed E-state index contributed by atoms with van der Waals surface area (Å²) in [5.41, 5.74) is 5.41. The molecule has 1 unspecified atom stereocenters. The van der Waals surface area contributed by atoms with Crippen LogP contribution in [0.25, 0.3) is 0 Å². The zero-order chi connectivity index (χ0) is 9.94. The van der Waals surface area contributed by atoms with E-state index in [2.05, 4.69) is 19.6 Å². The third-order valence-corrected chi connectivity index (χ3v) is 4.44. The Balaban J connectivity index is 4.02. The summed E-state index contributed by atoms with van der Waals surface area (Å²) < 4.78 is 5.17. The molecule has 0 radical (unpaired) electrons. The number of esters is 1. The van der Waals surface area contributed by atoms with Crippen LogP contribution in [0.2, 0.25) is 19.6 Å². The molecule has 4 heteroatoms. The van der Waals surface area contributed by atoms with Gasteiger partial charge in [-0.15, -0.1) is 0 Å². The molecular weight excluding hydrogens is 170 g/mol. The van der Waals surface area contributed by atoms with E-state index >= 15 is 0 Å². The van der Waals surface area contributed by atoms with E-state index in [1.54, 1.807) is 6.92 Å². The number of carbonyl (C=O) groups excluding carboxylic acids is 1. The Morgan fingerprint density at radius 3 is 2.00 bits per heavy atom. The molecule has 12 heavy (non-hydrogen) atoms. The lowest BCUT2D eigenvalue weighted by molar-refractivity contribution is -0.146. The van der Waals surface area contributed by atoms with Crippen LogP contribution in [-0.2, 0) is 9.53 Å². The Morgan fingerprint density at radius 2 is 1.75 bits per heavy atom. The summed E-state index contributed by atoms with van der Waals surface area (Å²) >= 11 is 0. The van der Waals surface area contributed by atoms with Crippen molar-refractivity contribution in [2.24, 2.45) is 5.73 Å². The average Bonchev–Trinajstić information content (AvgIpc) is 1.85. The molecule has 0 rings (SSSR count). The largest absolute Gasteiger partial charge is 0.465 e. The van der Waals surface area contributed by atoms with E-state index in [0.717, 1.165) is 0 Å². The third-order valence-electron chi connectivity index (χ3n) is 1.88. The SMILES string of the molecule is CC(OC(=O)[C@H](C)N)[Si](C)(C)C. The van der Waals surface area contributed by atoms with Crippen molar-refractivity contribution in [1.29, 1.82) is 0 Å². The minimum Gasteiger partial charge on any atom is -0.465 e. The van der Waals surface area contributed by atoms with Gasteiger partial charge in [-0.25, -0.2) is 0 Å². The molecule has 0 heterocycles. The van der Waals surface area contributed by atoms with E-state index < -0.39 is 14.1 Å². The van der Waals surface area contributed by atoms with Crippen LogP contribution in [0.1, 0.15) is 13.8 Å². The van der Waals surface area contributed by atoms with Crippen molar-refractivity contribution in [3.05, 3.63) is 0 Å². The highest BCUT2D eigenvalue weighted by molar-refractivity contribution is 6.77. The Labute approximate surface area is 75.3 Å². The molecule has 0 aliphatic heterocycles. The average molecular weight is 189 g/mol. The number of hydrogen-bond acceptors (Lipinski definition) is 3. The first-order valence-electron chi connectivity index (χ1n) is 4.21. The van der Waals surface area contributed by atoms with Crippen LogP contribution in [0.3, 0.4) is 0 Å². The zero-order valence-electron chi connectivity index (χ0n) is 8.55. The summed E-state index contributed by atoms with van der Waals surface area (Å²) in [5, 5.41) is 0. The highest BCUT2D eigenvalue weighted by Gasteiger charge is 2.26. The van der Waals surface area contributed by atoms with E-state index in [1.807, 2.05) is 6.92 Å². The van der Waals surface area contributed by atoms with Gasteiger partial charge in [-0.1, -0.05) is 19.6 Å². The zero-order valence-corrected chi connectivity index (χ0v) is 9.55. The minimum atomic E-state index is -1.37. The fourth-order valence-corrected chi connectivity index (χ4v) is 0.928. The maximum absolute atomic E-state index is 11.1. The van der Waals surface area contributed by atoms with Gasteiger partial charge in [0.1, 0.15) is 6.04 Å². The van der Waals surface area contributed by atoms with E-state index in [4.69, 9.17) is 10.5 Å². The van der Waals surface area contributed by atoms with Crippen LogP contribution in [0, 0.1) is 0 Å². The molecule has 0 aromatic rings. The molecule has 72 valence electrons. The van der Waals surface area contributed by atoms with Crippen molar-refractivity contribution in [2.75, 3.05) is 0 Å². The van der Waals surface area contributed by atoms with Crippen molar-refractivity contribution < 1.29 is 9.53 Å². The first kappa shape index (κ1) is 11.6. The predicted octanol–water partition coefficient (Wildman–Crippen LogP) is 1.14. The van der Waals surface area contributed by atoms with Crippen molar-refractivity contribution in [3.8, 4) is 0 Å². The molecule has 2 atom stereocenters. The minimum absolute atomic E-state index is 0.0380. The second-order valence-electron chi connectivity index (χ2n) is 4.23. The van der Waals surface area contributed by atoms with Crippen LogP contribution >= 0.6 is 0 Å². The molecule has 0 fully saturated rings. The Morgan fingerprint density at radius 1 is 1.33 bits per heavy atom. The molecule has 0 saturated carbocycles. The summed E-state index contributed by atoms with van der Waals surface area (Å²) in [6.07, 6.45) is 0. The summed E-state index contributed by atoms with van der Waals surface area (Å²) in [4.78, 5) is 11.1. The van der Waals surface area contributed by atoms with Gasteiger partial charge in [-0.2, -0.15) is 0 Å². The molecule has 0 aromatic heterocycles. The second-order valence-corrected chi connectivity index (χ2v) is 9.78. The lowest BCUT2D eigenvalue weighted by Gasteiger charge is -2.25. The van der Waals surface area contributed by atoms with Crippen LogP contribution in [-0.4, -0.2) is 25.8 Å². The number of rotatable bonds is 3. The van der Waals surface area contributed by atoms with Gasteiger partial charge in [0.25, 0.3) is 0 Å². The number of carbonyl (C=O) groups is 1. The number of ether oxygens (including phenoxy) is 1. The third kappa shape index (κ3) is 3.87. The van der Waals surface area contributed by atoms with Gasteiger partial charge in [0.2, 0.25) is 0 Å². The molecule has 3 nitrogen and oxygen atoms in total. The summed E-state index contributed by atoms with van der Waals surface area (Å²) in [7, 11) is -1.37. The normalized spacial score (nSPS) is 16.8. The van der Waals surface area contributed by atoms with Crippen LogP contribution in [0.5, 0.6) is 0 Å². The molecule has 0 saturated heterocycles. The van der Waals surface area contributed by atoms with Crippen molar-refractivity contribution in [3.63, 3.8) is 0 Å². The van der Waals surface area contributed by atoms with Crippen molar-refractivity contribution in [1.82, 2.24) is 0 Å². The fourth-order valence-electron chi connectivity index (χ4n) is 0.458. The Hall–Kier alpha value is -0.353. The monoisotopic (exact) mass is 189 g/mol. The molecular formula is C8H19NO2Si. The van der Waals surface area contributed by atoms with E-state index in [1.165, 1.54) is 0 Å². The summed E-state index contributed by atoms with van der Waals surface area (Å²) in [6.45, 7) is 10.1. The molecule has 0 aliphatic carbocycles. The highest BCUT2D eigenvalue weighted by Crippen LogP contribution is 2.11. The Kier molecular flexibility index (Phi) is 3.93. The second kappa shape index (κ2) is 4.05. The lowest BCUT2D eigenvalue weighted by atomic mass is 10.4. The highest BCUT2D eigenvalue weighted by atomic mass is 28.3. The van der Waals surface area contributed by atoms with E-state index in [9.17, 15) is 4.79 Å². The van der Waals surface area contributed by atoms with Crippen LogP contribution < -0.4 is 5.73 Å². The molecule has 0 amide bonds. The van der Waals surface area contributed by atoms with Crippen LogP contribution in [0.4, 0.5) is 0 Å². The summed E-state index contributed by atoms with van der Waals surface area (Å²) in [6, 6.07) is -0.510. The molecule has 0 aliphatic rings. The van der Waals surface area contributed by atoms with Gasteiger partial charge < -0.3 is 10.5 Å². The van der Waals surface area contributed by atoms with Gasteiger partial charge in [-0.3, -0.25) is 4.79 Å². The molecule has 0 bridgehead atoms. The van der Waals surface area contributed by atoms with Gasteiger partial charge in [0.05, 0.1) is 13.8 Å². The smallest absolute Gasteiger partial charge is 0.322 e. The van der Waals surface area contributed by atoms with E-state index in [-0.39, 0.29) is 11.7 Å². The van der Waals surface area contributed by atoms with Crippen molar-refractivity contribution in [2.45, 2.75) is 45.3 Å². The van der Waals surface area contributed by atoms with Gasteiger partial charge in [0, 0.05) is 0 Å². The molecule has 2 N–H and O–H groups in total. The topological polar surface area (TPSA) is 52.3 Å². The molecule has 0 aromatic carbocycles. The van der Waals surface area contributed by atoms with Gasteiger partial charge >= 0.3 is 5.97 Å².